The molecule has 0 aromatic carbocycles. The van der Waals surface area contributed by atoms with Gasteiger partial charge in [0.2, 0.25) is 0 Å². The van der Waals surface area contributed by atoms with E-state index in [-0.39, 0.29) is 5.25 Å². The summed E-state index contributed by atoms with van der Waals surface area (Å²) in [4.78, 5) is 0. The Morgan fingerprint density at radius 3 is 3.00 bits per heavy atom. The SMILES string of the molecule is CC(CNCCCC1CCCO1)S(C)=O. The highest BCUT2D eigenvalue weighted by Gasteiger charge is 2.14. The highest BCUT2D eigenvalue weighted by Crippen LogP contribution is 2.16. The van der Waals surface area contributed by atoms with E-state index in [1.54, 1.807) is 6.26 Å². The average molecular weight is 233 g/mol. The van der Waals surface area contributed by atoms with Crippen LogP contribution < -0.4 is 5.32 Å². The molecule has 90 valence electrons. The molecule has 4 heteroatoms. The van der Waals surface area contributed by atoms with Crippen molar-refractivity contribution in [1.82, 2.24) is 5.32 Å². The van der Waals surface area contributed by atoms with Gasteiger partial charge in [-0.3, -0.25) is 4.21 Å². The smallest absolute Gasteiger partial charge is 0.0576 e. The van der Waals surface area contributed by atoms with Crippen LogP contribution in [0.5, 0.6) is 0 Å². The molecule has 3 nitrogen and oxygen atoms in total. The Balaban J connectivity index is 1.90. The molecule has 0 radical (unpaired) electrons. The van der Waals surface area contributed by atoms with Gasteiger partial charge in [0, 0.05) is 35.5 Å². The van der Waals surface area contributed by atoms with Crippen LogP contribution in [0.15, 0.2) is 0 Å². The standard InChI is InChI=1S/C11H23NO2S/c1-10(15(2)13)9-12-7-3-5-11-6-4-8-14-11/h10-12H,3-9H2,1-2H3. The second-order valence-electron chi connectivity index (χ2n) is 4.29. The highest BCUT2D eigenvalue weighted by atomic mass is 32.2. The number of ether oxygens (including phenoxy) is 1. The Morgan fingerprint density at radius 2 is 2.40 bits per heavy atom. The van der Waals surface area contributed by atoms with Crippen LogP contribution in [-0.2, 0) is 15.5 Å². The van der Waals surface area contributed by atoms with Crippen molar-refractivity contribution in [1.29, 1.82) is 0 Å². The number of nitrogens with one attached hydrogen (secondary N) is 1. The number of hydrogen-bond acceptors (Lipinski definition) is 3. The summed E-state index contributed by atoms with van der Waals surface area (Å²) in [7, 11) is -0.705. The quantitative estimate of drug-likeness (QED) is 0.674. The van der Waals surface area contributed by atoms with E-state index in [1.165, 1.54) is 12.8 Å². The molecule has 1 N–H and O–H groups in total. The molecule has 0 amide bonds. The van der Waals surface area contributed by atoms with Crippen molar-refractivity contribution < 1.29 is 8.95 Å². The summed E-state index contributed by atoms with van der Waals surface area (Å²) in [5.41, 5.74) is 0. The molecule has 3 unspecified atom stereocenters. The van der Waals surface area contributed by atoms with Gasteiger partial charge in [-0.15, -0.1) is 0 Å². The Labute approximate surface area is 95.4 Å². The van der Waals surface area contributed by atoms with Gasteiger partial charge in [-0.1, -0.05) is 0 Å². The van der Waals surface area contributed by atoms with Crippen molar-refractivity contribution in [2.75, 3.05) is 26.0 Å². The Bertz CT molecular complexity index is 193. The van der Waals surface area contributed by atoms with Crippen LogP contribution >= 0.6 is 0 Å². The lowest BCUT2D eigenvalue weighted by molar-refractivity contribution is 0.102. The van der Waals surface area contributed by atoms with Crippen molar-refractivity contribution in [2.45, 2.75) is 44.0 Å². The van der Waals surface area contributed by atoms with Gasteiger partial charge in [-0.25, -0.2) is 0 Å². The maximum atomic E-state index is 11.1. The molecule has 1 aliphatic rings. The third-order valence-corrected chi connectivity index (χ3v) is 4.20. The van der Waals surface area contributed by atoms with Crippen LogP contribution in [0.2, 0.25) is 0 Å². The zero-order valence-electron chi connectivity index (χ0n) is 9.83. The Hall–Kier alpha value is 0.0700. The van der Waals surface area contributed by atoms with Crippen LogP contribution in [0, 0.1) is 0 Å². The van der Waals surface area contributed by atoms with Crippen molar-refractivity contribution in [3.63, 3.8) is 0 Å². The molecule has 0 aliphatic carbocycles. The fourth-order valence-corrected chi connectivity index (χ4v) is 2.10. The van der Waals surface area contributed by atoms with E-state index < -0.39 is 10.8 Å². The molecule has 0 saturated carbocycles. The highest BCUT2D eigenvalue weighted by molar-refractivity contribution is 7.84. The molecule has 0 aromatic rings. The molecular formula is C11H23NO2S. The maximum absolute atomic E-state index is 11.1. The van der Waals surface area contributed by atoms with E-state index in [1.807, 2.05) is 6.92 Å². The van der Waals surface area contributed by atoms with Crippen molar-refractivity contribution >= 4 is 10.8 Å². The fourth-order valence-electron chi connectivity index (χ4n) is 1.75. The number of rotatable bonds is 7. The lowest BCUT2D eigenvalue weighted by Crippen LogP contribution is -2.28. The molecule has 1 aliphatic heterocycles. The molecule has 1 fully saturated rings. The van der Waals surface area contributed by atoms with Gasteiger partial charge < -0.3 is 10.1 Å². The molecule has 1 saturated heterocycles. The van der Waals surface area contributed by atoms with Gasteiger partial charge in [0.05, 0.1) is 6.10 Å². The first-order chi connectivity index (χ1) is 7.20. The van der Waals surface area contributed by atoms with E-state index >= 15 is 0 Å². The van der Waals surface area contributed by atoms with E-state index in [9.17, 15) is 4.21 Å². The van der Waals surface area contributed by atoms with Gasteiger partial charge in [0.25, 0.3) is 0 Å². The molecule has 1 rings (SSSR count). The lowest BCUT2D eigenvalue weighted by atomic mass is 10.1. The maximum Gasteiger partial charge on any atom is 0.0576 e. The van der Waals surface area contributed by atoms with E-state index in [0.717, 1.165) is 32.5 Å². The summed E-state index contributed by atoms with van der Waals surface area (Å²) in [5, 5.41) is 3.60. The van der Waals surface area contributed by atoms with Gasteiger partial charge in [0.15, 0.2) is 0 Å². The van der Waals surface area contributed by atoms with Crippen LogP contribution in [0.25, 0.3) is 0 Å². The summed E-state index contributed by atoms with van der Waals surface area (Å²) in [6, 6.07) is 0. The predicted octanol–water partition coefficient (Wildman–Crippen LogP) is 1.30. The lowest BCUT2D eigenvalue weighted by Gasteiger charge is -2.11. The normalized spacial score (nSPS) is 25.3. The summed E-state index contributed by atoms with van der Waals surface area (Å²) < 4.78 is 16.6. The first kappa shape index (κ1) is 13.1. The van der Waals surface area contributed by atoms with Crippen LogP contribution in [-0.4, -0.2) is 41.5 Å². The van der Waals surface area contributed by atoms with E-state index in [0.29, 0.717) is 6.10 Å². The van der Waals surface area contributed by atoms with Gasteiger partial charge in [-0.05, 0) is 39.2 Å². The fraction of sp³-hybridized carbons (Fsp3) is 1.00. The third-order valence-electron chi connectivity index (χ3n) is 2.90. The zero-order valence-corrected chi connectivity index (χ0v) is 10.6. The molecular weight excluding hydrogens is 210 g/mol. The molecule has 15 heavy (non-hydrogen) atoms. The first-order valence-electron chi connectivity index (χ1n) is 5.84. The molecule has 0 spiro atoms. The minimum Gasteiger partial charge on any atom is -0.378 e. The number of hydrogen-bond donors (Lipinski definition) is 1. The van der Waals surface area contributed by atoms with Crippen molar-refractivity contribution in [2.24, 2.45) is 0 Å². The molecule has 0 aromatic heterocycles. The van der Waals surface area contributed by atoms with Crippen LogP contribution in [0.1, 0.15) is 32.6 Å². The predicted molar refractivity (Wildman–Crippen MR) is 64.6 cm³/mol. The molecule has 3 atom stereocenters. The van der Waals surface area contributed by atoms with E-state index in [2.05, 4.69) is 5.32 Å². The summed E-state index contributed by atoms with van der Waals surface area (Å²) in [6.07, 6.45) is 7.05. The van der Waals surface area contributed by atoms with Crippen molar-refractivity contribution in [3.05, 3.63) is 0 Å². The second-order valence-corrected chi connectivity index (χ2v) is 6.09. The average Bonchev–Trinajstić information content (AvgIpc) is 2.69. The van der Waals surface area contributed by atoms with Crippen LogP contribution in [0.4, 0.5) is 0 Å². The van der Waals surface area contributed by atoms with Gasteiger partial charge in [0.1, 0.15) is 0 Å². The molecule has 0 bridgehead atoms. The Kier molecular flexibility index (Phi) is 6.45. The minimum atomic E-state index is -0.705. The first-order valence-corrected chi connectivity index (χ1v) is 7.47. The third kappa shape index (κ3) is 5.64. The zero-order chi connectivity index (χ0) is 11.1. The Morgan fingerprint density at radius 1 is 1.60 bits per heavy atom. The monoisotopic (exact) mass is 233 g/mol. The largest absolute Gasteiger partial charge is 0.378 e. The van der Waals surface area contributed by atoms with Crippen molar-refractivity contribution in [3.8, 4) is 0 Å². The van der Waals surface area contributed by atoms with Crippen LogP contribution in [0.3, 0.4) is 0 Å². The topological polar surface area (TPSA) is 38.3 Å². The summed E-state index contributed by atoms with van der Waals surface area (Å²) in [5.74, 6) is 0. The van der Waals surface area contributed by atoms with Gasteiger partial charge >= 0.3 is 0 Å². The van der Waals surface area contributed by atoms with Gasteiger partial charge in [-0.2, -0.15) is 0 Å². The molecule has 1 heterocycles. The minimum absolute atomic E-state index is 0.257. The summed E-state index contributed by atoms with van der Waals surface area (Å²) in [6.45, 7) is 4.84. The van der Waals surface area contributed by atoms with E-state index in [4.69, 9.17) is 4.74 Å². The second kappa shape index (κ2) is 7.36. The summed E-state index contributed by atoms with van der Waals surface area (Å²) >= 11 is 0.